The number of rotatable bonds is 11. The summed E-state index contributed by atoms with van der Waals surface area (Å²) in [4.78, 5) is 41.6. The van der Waals surface area contributed by atoms with E-state index in [4.69, 9.17) is 0 Å². The molecule has 1 fully saturated rings. The Hall–Kier alpha value is -2.83. The van der Waals surface area contributed by atoms with Crippen molar-refractivity contribution in [3.05, 3.63) is 36.0 Å². The summed E-state index contributed by atoms with van der Waals surface area (Å²) >= 11 is 0. The average Bonchev–Trinajstić information content (AvgIpc) is 3.25. The lowest BCUT2D eigenvalue weighted by molar-refractivity contribution is -0.127. The quantitative estimate of drug-likeness (QED) is 0.389. The molecule has 1 aliphatic heterocycles. The molecule has 1 aromatic carbocycles. The van der Waals surface area contributed by atoms with E-state index in [1.54, 1.807) is 0 Å². The van der Waals surface area contributed by atoms with E-state index in [0.717, 1.165) is 42.1 Å². The first-order chi connectivity index (χ1) is 14.5. The third kappa shape index (κ3) is 5.40. The van der Waals surface area contributed by atoms with Gasteiger partial charge in [-0.15, -0.1) is 0 Å². The van der Waals surface area contributed by atoms with Crippen molar-refractivity contribution in [1.29, 1.82) is 0 Å². The van der Waals surface area contributed by atoms with E-state index in [9.17, 15) is 14.4 Å². The number of carbonyl (C=O) groups excluding carboxylic acids is 3. The van der Waals surface area contributed by atoms with Gasteiger partial charge >= 0.3 is 6.03 Å². The maximum atomic E-state index is 12.7. The van der Waals surface area contributed by atoms with Crippen molar-refractivity contribution in [2.45, 2.75) is 70.9 Å². The zero-order chi connectivity index (χ0) is 21.5. The minimum atomic E-state index is -0.624. The van der Waals surface area contributed by atoms with Crippen molar-refractivity contribution in [3.63, 3.8) is 0 Å². The fourth-order valence-corrected chi connectivity index (χ4v) is 3.95. The van der Waals surface area contributed by atoms with Crippen LogP contribution in [0.2, 0.25) is 0 Å². The smallest absolute Gasteiger partial charge is 0.324 e. The highest BCUT2D eigenvalue weighted by Crippen LogP contribution is 2.19. The number of para-hydroxylation sites is 1. The van der Waals surface area contributed by atoms with Crippen LogP contribution in [-0.2, 0) is 16.0 Å². The Morgan fingerprint density at radius 2 is 2.03 bits per heavy atom. The number of fused-ring (bicyclic) bond motifs is 1. The third-order valence-corrected chi connectivity index (χ3v) is 5.69. The molecule has 4 amide bonds. The summed E-state index contributed by atoms with van der Waals surface area (Å²) < 4.78 is 0. The van der Waals surface area contributed by atoms with Crippen molar-refractivity contribution in [2.75, 3.05) is 6.54 Å². The van der Waals surface area contributed by atoms with Gasteiger partial charge in [0.1, 0.15) is 6.04 Å². The number of hydrogen-bond donors (Lipinski definition) is 3. The molecule has 30 heavy (non-hydrogen) atoms. The van der Waals surface area contributed by atoms with Crippen LogP contribution in [0.3, 0.4) is 0 Å². The van der Waals surface area contributed by atoms with Gasteiger partial charge < -0.3 is 15.6 Å². The fraction of sp³-hybridized carbons (Fsp3) is 0.522. The van der Waals surface area contributed by atoms with E-state index < -0.39 is 6.04 Å². The van der Waals surface area contributed by atoms with Gasteiger partial charge in [0.05, 0.1) is 0 Å². The van der Waals surface area contributed by atoms with Crippen LogP contribution in [0.1, 0.15) is 57.9 Å². The van der Waals surface area contributed by atoms with E-state index in [1.165, 1.54) is 4.90 Å². The van der Waals surface area contributed by atoms with Crippen molar-refractivity contribution in [2.24, 2.45) is 0 Å². The third-order valence-electron chi connectivity index (χ3n) is 5.69. The van der Waals surface area contributed by atoms with Crippen molar-refractivity contribution in [3.8, 4) is 0 Å². The number of aromatic nitrogens is 1. The molecule has 3 N–H and O–H groups in total. The van der Waals surface area contributed by atoms with Gasteiger partial charge in [-0.1, -0.05) is 44.4 Å². The van der Waals surface area contributed by atoms with Crippen LogP contribution >= 0.6 is 0 Å². The lowest BCUT2D eigenvalue weighted by atomic mass is 10.1. The van der Waals surface area contributed by atoms with Gasteiger partial charge in [0.15, 0.2) is 0 Å². The molecule has 2 unspecified atom stereocenters. The van der Waals surface area contributed by atoms with E-state index in [0.29, 0.717) is 19.4 Å². The fourth-order valence-electron chi connectivity index (χ4n) is 3.95. The van der Waals surface area contributed by atoms with Gasteiger partial charge in [-0.25, -0.2) is 4.79 Å². The molecule has 1 aromatic heterocycles. The monoisotopic (exact) mass is 412 g/mol. The number of hydrogen-bond acceptors (Lipinski definition) is 3. The van der Waals surface area contributed by atoms with E-state index >= 15 is 0 Å². The maximum absolute atomic E-state index is 12.7. The average molecular weight is 413 g/mol. The normalized spacial score (nSPS) is 17.4. The van der Waals surface area contributed by atoms with Crippen LogP contribution in [0.15, 0.2) is 30.5 Å². The summed E-state index contributed by atoms with van der Waals surface area (Å²) in [5.74, 6) is -0.318. The van der Waals surface area contributed by atoms with Gasteiger partial charge in [0, 0.05) is 36.1 Å². The number of carbonyl (C=O) groups is 3. The molecular weight excluding hydrogens is 380 g/mol. The number of urea groups is 1. The Balaban J connectivity index is 1.45. The molecule has 2 heterocycles. The van der Waals surface area contributed by atoms with Gasteiger partial charge in [-0.3, -0.25) is 14.5 Å². The number of benzene rings is 1. The lowest BCUT2D eigenvalue weighted by Crippen LogP contribution is -2.35. The number of nitrogens with zero attached hydrogens (tertiary/aromatic N) is 1. The van der Waals surface area contributed by atoms with Crippen LogP contribution in [0.4, 0.5) is 4.79 Å². The van der Waals surface area contributed by atoms with Crippen LogP contribution in [0.5, 0.6) is 0 Å². The van der Waals surface area contributed by atoms with Crippen molar-refractivity contribution >= 4 is 28.7 Å². The molecule has 7 heteroatoms. The zero-order valence-corrected chi connectivity index (χ0v) is 17.9. The number of unbranched alkanes of at least 4 members (excludes halogenated alkanes) is 2. The topological polar surface area (TPSA) is 94.3 Å². The molecule has 0 radical (unpaired) electrons. The molecule has 0 spiro atoms. The number of imide groups is 1. The summed E-state index contributed by atoms with van der Waals surface area (Å²) in [5, 5.41) is 6.80. The largest absolute Gasteiger partial charge is 0.361 e. The Morgan fingerprint density at radius 3 is 2.83 bits per heavy atom. The summed E-state index contributed by atoms with van der Waals surface area (Å²) in [7, 11) is 0. The second kappa shape index (κ2) is 10.3. The van der Waals surface area contributed by atoms with Gasteiger partial charge in [-0.05, 0) is 37.8 Å². The molecule has 1 aliphatic rings. The standard InChI is InChI=1S/C23H32N4O3/c1-3-4-5-8-16(2)25-21(28)12-11-20-22(29)27(23(30)26-20)14-13-17-15-24-19-10-7-6-9-18(17)19/h6-7,9-10,15-16,20,24H,3-5,8,11-14H2,1-2H3,(H,25,28)(H,26,30). The number of H-pyrrole nitrogens is 1. The van der Waals surface area contributed by atoms with Gasteiger partial charge in [0.25, 0.3) is 5.91 Å². The molecule has 2 atom stereocenters. The highest BCUT2D eigenvalue weighted by Gasteiger charge is 2.37. The van der Waals surface area contributed by atoms with Crippen LogP contribution in [0.25, 0.3) is 10.9 Å². The Morgan fingerprint density at radius 1 is 1.23 bits per heavy atom. The first-order valence-corrected chi connectivity index (χ1v) is 11.0. The summed E-state index contributed by atoms with van der Waals surface area (Å²) in [6.07, 6.45) is 7.43. The van der Waals surface area contributed by atoms with Gasteiger partial charge in [-0.2, -0.15) is 0 Å². The van der Waals surface area contributed by atoms with E-state index in [1.807, 2.05) is 37.4 Å². The molecule has 0 saturated carbocycles. The molecule has 162 valence electrons. The molecule has 7 nitrogen and oxygen atoms in total. The lowest BCUT2D eigenvalue weighted by Gasteiger charge is -2.15. The van der Waals surface area contributed by atoms with Crippen molar-refractivity contribution in [1.82, 2.24) is 20.5 Å². The summed E-state index contributed by atoms with van der Waals surface area (Å²) in [6, 6.07) is 7.09. The molecule has 2 aromatic rings. The molecule has 0 bridgehead atoms. The predicted molar refractivity (Wildman–Crippen MR) is 117 cm³/mol. The SMILES string of the molecule is CCCCCC(C)NC(=O)CCC1NC(=O)N(CCc2c[nH]c3ccccc23)C1=O. The summed E-state index contributed by atoms with van der Waals surface area (Å²) in [5.41, 5.74) is 2.11. The van der Waals surface area contributed by atoms with Crippen molar-refractivity contribution < 1.29 is 14.4 Å². The first kappa shape index (κ1) is 21.9. The maximum Gasteiger partial charge on any atom is 0.324 e. The van der Waals surface area contributed by atoms with Crippen LogP contribution in [0, 0.1) is 0 Å². The second-order valence-electron chi connectivity index (χ2n) is 8.10. The number of nitrogens with one attached hydrogen (secondary N) is 3. The highest BCUT2D eigenvalue weighted by molar-refractivity contribution is 6.04. The van der Waals surface area contributed by atoms with Crippen LogP contribution in [-0.4, -0.2) is 46.4 Å². The minimum Gasteiger partial charge on any atom is -0.361 e. The number of amides is 4. The Labute approximate surface area is 177 Å². The van der Waals surface area contributed by atoms with E-state index in [2.05, 4.69) is 22.5 Å². The summed E-state index contributed by atoms with van der Waals surface area (Å²) in [6.45, 7) is 4.48. The van der Waals surface area contributed by atoms with Gasteiger partial charge in [0.2, 0.25) is 5.91 Å². The predicted octanol–water partition coefficient (Wildman–Crippen LogP) is 3.50. The van der Waals surface area contributed by atoms with E-state index in [-0.39, 0.29) is 30.3 Å². The minimum absolute atomic E-state index is 0.0710. The first-order valence-electron chi connectivity index (χ1n) is 11.0. The molecule has 1 saturated heterocycles. The Kier molecular flexibility index (Phi) is 7.49. The zero-order valence-electron chi connectivity index (χ0n) is 17.9. The highest BCUT2D eigenvalue weighted by atomic mass is 16.2. The Bertz CT molecular complexity index is 891. The second-order valence-corrected chi connectivity index (χ2v) is 8.10. The molecule has 3 rings (SSSR count). The molecule has 0 aliphatic carbocycles. The number of aromatic amines is 1. The van der Waals surface area contributed by atoms with Crippen LogP contribution < -0.4 is 10.6 Å². The molecular formula is C23H32N4O3.